The molecular formula is C16H21NO2. The van der Waals surface area contributed by atoms with Gasteiger partial charge >= 0.3 is 0 Å². The lowest BCUT2D eigenvalue weighted by Gasteiger charge is -2.30. The second-order valence-corrected chi connectivity index (χ2v) is 7.09. The summed E-state index contributed by atoms with van der Waals surface area (Å²) in [6.45, 7) is 11.8. The Morgan fingerprint density at radius 2 is 1.47 bits per heavy atom. The number of fused-ring (bicyclic) bond motifs is 1. The maximum absolute atomic E-state index is 12.6. The Kier molecular flexibility index (Phi) is 2.85. The van der Waals surface area contributed by atoms with Gasteiger partial charge in [0, 0.05) is 5.54 Å². The van der Waals surface area contributed by atoms with Gasteiger partial charge in [0.15, 0.2) is 0 Å². The maximum atomic E-state index is 12.6. The van der Waals surface area contributed by atoms with Crippen LogP contribution in [0.15, 0.2) is 18.2 Å². The molecule has 2 rings (SSSR count). The predicted molar refractivity (Wildman–Crippen MR) is 75.4 cm³/mol. The van der Waals surface area contributed by atoms with Crippen LogP contribution >= 0.6 is 0 Å². The molecule has 0 saturated heterocycles. The lowest BCUT2D eigenvalue weighted by atomic mass is 9.82. The van der Waals surface area contributed by atoms with Gasteiger partial charge in [-0.05, 0) is 37.8 Å². The third-order valence-electron chi connectivity index (χ3n) is 3.39. The first kappa shape index (κ1) is 13.8. The molecule has 0 radical (unpaired) electrons. The second-order valence-electron chi connectivity index (χ2n) is 7.09. The van der Waals surface area contributed by atoms with E-state index in [0.717, 1.165) is 5.56 Å². The molecule has 0 unspecified atom stereocenters. The monoisotopic (exact) mass is 259 g/mol. The highest BCUT2D eigenvalue weighted by molar-refractivity contribution is 6.22. The first-order valence-electron chi connectivity index (χ1n) is 6.57. The SMILES string of the molecule is CC(C)(C)c1cccc2c1C(=O)N(C(C)(C)C)C2=O. The molecule has 102 valence electrons. The minimum Gasteiger partial charge on any atom is -0.269 e. The predicted octanol–water partition coefficient (Wildman–Crippen LogP) is 3.38. The fourth-order valence-corrected chi connectivity index (χ4v) is 2.52. The Morgan fingerprint density at radius 1 is 0.895 bits per heavy atom. The van der Waals surface area contributed by atoms with Gasteiger partial charge in [-0.25, -0.2) is 0 Å². The van der Waals surface area contributed by atoms with Crippen LogP contribution in [-0.2, 0) is 5.41 Å². The first-order valence-corrected chi connectivity index (χ1v) is 6.57. The second kappa shape index (κ2) is 3.92. The lowest BCUT2D eigenvalue weighted by molar-refractivity contribution is 0.0507. The summed E-state index contributed by atoms with van der Waals surface area (Å²) >= 11 is 0. The number of nitrogens with zero attached hydrogens (tertiary/aromatic N) is 1. The summed E-state index contributed by atoms with van der Waals surface area (Å²) in [5.74, 6) is -0.350. The van der Waals surface area contributed by atoms with Crippen molar-refractivity contribution in [3.63, 3.8) is 0 Å². The van der Waals surface area contributed by atoms with Crippen LogP contribution in [0.1, 0.15) is 67.8 Å². The molecule has 19 heavy (non-hydrogen) atoms. The zero-order chi connectivity index (χ0) is 14.6. The molecule has 0 spiro atoms. The van der Waals surface area contributed by atoms with Gasteiger partial charge in [-0.3, -0.25) is 14.5 Å². The van der Waals surface area contributed by atoms with Crippen LogP contribution in [0, 0.1) is 0 Å². The number of benzene rings is 1. The topological polar surface area (TPSA) is 37.4 Å². The Morgan fingerprint density at radius 3 is 1.95 bits per heavy atom. The number of hydrogen-bond acceptors (Lipinski definition) is 2. The summed E-state index contributed by atoms with van der Waals surface area (Å²) in [6.07, 6.45) is 0. The van der Waals surface area contributed by atoms with Crippen molar-refractivity contribution in [1.29, 1.82) is 0 Å². The molecule has 0 N–H and O–H groups in total. The molecule has 0 aromatic heterocycles. The average molecular weight is 259 g/mol. The van der Waals surface area contributed by atoms with E-state index in [9.17, 15) is 9.59 Å². The minimum absolute atomic E-state index is 0.158. The summed E-state index contributed by atoms with van der Waals surface area (Å²) in [4.78, 5) is 26.4. The standard InChI is InChI=1S/C16H21NO2/c1-15(2,3)11-9-7-8-10-12(11)14(19)17(13(10)18)16(4,5)6/h7-9H,1-6H3. The van der Waals surface area contributed by atoms with E-state index in [0.29, 0.717) is 11.1 Å². The molecule has 0 bridgehead atoms. The van der Waals surface area contributed by atoms with Crippen LogP contribution in [0.5, 0.6) is 0 Å². The van der Waals surface area contributed by atoms with Crippen LogP contribution < -0.4 is 0 Å². The van der Waals surface area contributed by atoms with Crippen LogP contribution in [0.4, 0.5) is 0 Å². The molecule has 0 aliphatic carbocycles. The molecule has 1 aromatic rings. The minimum atomic E-state index is -0.498. The molecule has 3 heteroatoms. The highest BCUT2D eigenvalue weighted by Crippen LogP contribution is 2.35. The van der Waals surface area contributed by atoms with Crippen molar-refractivity contribution in [2.75, 3.05) is 0 Å². The van der Waals surface area contributed by atoms with Gasteiger partial charge < -0.3 is 0 Å². The van der Waals surface area contributed by atoms with Gasteiger partial charge in [0.05, 0.1) is 11.1 Å². The highest BCUT2D eigenvalue weighted by atomic mass is 16.2. The number of rotatable bonds is 0. The van der Waals surface area contributed by atoms with Crippen LogP contribution in [0.2, 0.25) is 0 Å². The maximum Gasteiger partial charge on any atom is 0.262 e. The third kappa shape index (κ3) is 2.07. The summed E-state index contributed by atoms with van der Waals surface area (Å²) in [7, 11) is 0. The Labute approximate surface area is 114 Å². The zero-order valence-electron chi connectivity index (χ0n) is 12.5. The molecule has 1 aromatic carbocycles. The van der Waals surface area contributed by atoms with E-state index >= 15 is 0 Å². The summed E-state index contributed by atoms with van der Waals surface area (Å²) < 4.78 is 0. The quantitative estimate of drug-likeness (QED) is 0.670. The zero-order valence-corrected chi connectivity index (χ0v) is 12.5. The molecule has 0 fully saturated rings. The smallest absolute Gasteiger partial charge is 0.262 e. The van der Waals surface area contributed by atoms with Crippen LogP contribution in [0.3, 0.4) is 0 Å². The van der Waals surface area contributed by atoms with Crippen LogP contribution in [-0.4, -0.2) is 22.3 Å². The van der Waals surface area contributed by atoms with E-state index in [1.165, 1.54) is 4.90 Å². The van der Waals surface area contributed by atoms with E-state index in [1.807, 2.05) is 32.9 Å². The van der Waals surface area contributed by atoms with Crippen molar-refractivity contribution < 1.29 is 9.59 Å². The van der Waals surface area contributed by atoms with Gasteiger partial charge in [-0.1, -0.05) is 32.9 Å². The summed E-state index contributed by atoms with van der Waals surface area (Å²) in [5, 5.41) is 0. The Hall–Kier alpha value is -1.64. The number of carbonyl (C=O) groups excluding carboxylic acids is 2. The fourth-order valence-electron chi connectivity index (χ4n) is 2.52. The van der Waals surface area contributed by atoms with Crippen molar-refractivity contribution in [3.8, 4) is 0 Å². The molecule has 0 atom stereocenters. The van der Waals surface area contributed by atoms with E-state index in [2.05, 4.69) is 20.8 Å². The highest BCUT2D eigenvalue weighted by Gasteiger charge is 2.44. The van der Waals surface area contributed by atoms with Crippen molar-refractivity contribution >= 4 is 11.8 Å². The molecule has 1 heterocycles. The van der Waals surface area contributed by atoms with Crippen molar-refractivity contribution in [2.24, 2.45) is 0 Å². The average Bonchev–Trinajstić information content (AvgIpc) is 2.49. The molecule has 3 nitrogen and oxygen atoms in total. The van der Waals surface area contributed by atoms with Crippen molar-refractivity contribution in [3.05, 3.63) is 34.9 Å². The lowest BCUT2D eigenvalue weighted by Crippen LogP contribution is -2.45. The molecular weight excluding hydrogens is 238 g/mol. The Balaban J connectivity index is 2.67. The van der Waals surface area contributed by atoms with Gasteiger partial charge in [0.25, 0.3) is 11.8 Å². The van der Waals surface area contributed by atoms with Crippen molar-refractivity contribution in [2.45, 2.75) is 52.5 Å². The summed E-state index contributed by atoms with van der Waals surface area (Å²) in [5.41, 5.74) is 1.40. The van der Waals surface area contributed by atoms with E-state index in [-0.39, 0.29) is 17.2 Å². The number of carbonyl (C=O) groups is 2. The molecule has 2 amide bonds. The molecule has 1 aliphatic rings. The first-order chi connectivity index (χ1) is 8.55. The van der Waals surface area contributed by atoms with E-state index in [1.54, 1.807) is 6.07 Å². The molecule has 0 saturated carbocycles. The van der Waals surface area contributed by atoms with E-state index < -0.39 is 5.54 Å². The Bertz CT molecular complexity index is 559. The van der Waals surface area contributed by atoms with Gasteiger partial charge in [0.2, 0.25) is 0 Å². The van der Waals surface area contributed by atoms with Crippen LogP contribution in [0.25, 0.3) is 0 Å². The number of amides is 2. The normalized spacial score (nSPS) is 16.0. The van der Waals surface area contributed by atoms with Gasteiger partial charge in [0.1, 0.15) is 0 Å². The third-order valence-corrected chi connectivity index (χ3v) is 3.39. The van der Waals surface area contributed by atoms with Gasteiger partial charge in [-0.15, -0.1) is 0 Å². The van der Waals surface area contributed by atoms with E-state index in [4.69, 9.17) is 0 Å². The molecule has 1 aliphatic heterocycles. The largest absolute Gasteiger partial charge is 0.269 e. The van der Waals surface area contributed by atoms with Crippen molar-refractivity contribution in [1.82, 2.24) is 4.90 Å². The number of imide groups is 1. The fraction of sp³-hybridized carbons (Fsp3) is 0.500. The van der Waals surface area contributed by atoms with Gasteiger partial charge in [-0.2, -0.15) is 0 Å². The number of hydrogen-bond donors (Lipinski definition) is 0. The summed E-state index contributed by atoms with van der Waals surface area (Å²) in [6, 6.07) is 5.55.